The van der Waals surface area contributed by atoms with E-state index in [1.165, 1.54) is 0 Å². The highest BCUT2D eigenvalue weighted by Gasteiger charge is 1.95. The molecule has 56 valence electrons. The molecule has 0 amide bonds. The molecule has 10 heavy (non-hydrogen) atoms. The minimum atomic E-state index is 0.674. The lowest BCUT2D eigenvalue weighted by molar-refractivity contribution is 0.586. The number of rotatable bonds is 3. The Balaban J connectivity index is 2.49. The predicted octanol–water partition coefficient (Wildman–Crippen LogP) is 0.885. The molecule has 4 heteroatoms. The predicted molar refractivity (Wildman–Crippen MR) is 40.9 cm³/mol. The van der Waals surface area contributed by atoms with Crippen LogP contribution in [0.4, 0.5) is 0 Å². The molecule has 1 aromatic rings. The molecule has 0 atom stereocenters. The molecular weight excluding hydrogens is 150 g/mol. The number of aryl methyl sites for hydroxylation is 1. The van der Waals surface area contributed by atoms with Gasteiger partial charge >= 0.3 is 0 Å². The van der Waals surface area contributed by atoms with Gasteiger partial charge in [-0.15, -0.1) is 0 Å². The van der Waals surface area contributed by atoms with Crippen LogP contribution in [0.3, 0.4) is 0 Å². The Morgan fingerprint density at radius 2 is 2.50 bits per heavy atom. The molecule has 0 aromatic carbocycles. The summed E-state index contributed by atoms with van der Waals surface area (Å²) in [4.78, 5) is 0. The zero-order valence-corrected chi connectivity index (χ0v) is 6.38. The minimum Gasteiger partial charge on any atom is -0.330 e. The highest BCUT2D eigenvalue weighted by Crippen LogP contribution is 2.05. The van der Waals surface area contributed by atoms with Crippen LogP contribution in [-0.2, 0) is 6.54 Å². The normalized spacial score (nSPS) is 10.2. The third-order valence-corrected chi connectivity index (χ3v) is 1.56. The van der Waals surface area contributed by atoms with Gasteiger partial charge in [-0.2, -0.15) is 5.10 Å². The van der Waals surface area contributed by atoms with Crippen molar-refractivity contribution < 1.29 is 0 Å². The standard InChI is InChI=1S/C6H10ClN3/c7-6-2-4-9-10(6)5-1-3-8/h2,4H,1,3,5,8H2. The topological polar surface area (TPSA) is 43.8 Å². The van der Waals surface area contributed by atoms with Gasteiger partial charge in [-0.3, -0.25) is 4.68 Å². The average molecular weight is 160 g/mol. The zero-order chi connectivity index (χ0) is 7.40. The average Bonchev–Trinajstić information content (AvgIpc) is 2.31. The maximum absolute atomic E-state index is 5.74. The molecule has 1 aromatic heterocycles. The second-order valence-electron chi connectivity index (χ2n) is 2.02. The number of hydrogen-bond donors (Lipinski definition) is 1. The second kappa shape index (κ2) is 3.58. The number of aromatic nitrogens is 2. The fraction of sp³-hybridized carbons (Fsp3) is 0.500. The third kappa shape index (κ3) is 1.72. The summed E-state index contributed by atoms with van der Waals surface area (Å²) in [6, 6.07) is 1.76. The Bertz CT molecular complexity index is 197. The SMILES string of the molecule is NCCCn1nccc1Cl. The molecular formula is C6H10ClN3. The van der Waals surface area contributed by atoms with E-state index in [-0.39, 0.29) is 0 Å². The number of halogens is 1. The first-order valence-electron chi connectivity index (χ1n) is 3.22. The molecule has 3 nitrogen and oxygen atoms in total. The molecule has 1 heterocycles. The lowest BCUT2D eigenvalue weighted by Gasteiger charge is -1.99. The van der Waals surface area contributed by atoms with Gasteiger partial charge in [0.05, 0.1) is 6.20 Å². The number of hydrogen-bond acceptors (Lipinski definition) is 2. The van der Waals surface area contributed by atoms with Crippen molar-refractivity contribution in [3.8, 4) is 0 Å². The molecule has 0 radical (unpaired) electrons. The first kappa shape index (κ1) is 7.57. The van der Waals surface area contributed by atoms with Crippen LogP contribution >= 0.6 is 11.6 Å². The first-order chi connectivity index (χ1) is 4.84. The number of nitrogens with zero attached hydrogens (tertiary/aromatic N) is 2. The third-order valence-electron chi connectivity index (χ3n) is 1.24. The summed E-state index contributed by atoms with van der Waals surface area (Å²) in [5.41, 5.74) is 5.31. The molecule has 2 N–H and O–H groups in total. The van der Waals surface area contributed by atoms with Gasteiger partial charge in [0.2, 0.25) is 0 Å². The van der Waals surface area contributed by atoms with Crippen molar-refractivity contribution in [2.45, 2.75) is 13.0 Å². The largest absolute Gasteiger partial charge is 0.330 e. The smallest absolute Gasteiger partial charge is 0.127 e. The zero-order valence-electron chi connectivity index (χ0n) is 5.63. The van der Waals surface area contributed by atoms with Gasteiger partial charge in [0.25, 0.3) is 0 Å². The van der Waals surface area contributed by atoms with Crippen LogP contribution < -0.4 is 5.73 Å². The maximum Gasteiger partial charge on any atom is 0.127 e. The lowest BCUT2D eigenvalue weighted by Crippen LogP contribution is -2.06. The van der Waals surface area contributed by atoms with E-state index < -0.39 is 0 Å². The molecule has 0 fully saturated rings. The molecule has 0 aliphatic rings. The van der Waals surface area contributed by atoms with Crippen molar-refractivity contribution >= 4 is 11.6 Å². The van der Waals surface area contributed by atoms with E-state index in [0.717, 1.165) is 13.0 Å². The molecule has 0 aliphatic heterocycles. The fourth-order valence-electron chi connectivity index (χ4n) is 0.722. The maximum atomic E-state index is 5.74. The van der Waals surface area contributed by atoms with E-state index in [4.69, 9.17) is 17.3 Å². The summed E-state index contributed by atoms with van der Waals surface area (Å²) in [5.74, 6) is 0. The van der Waals surface area contributed by atoms with Crippen molar-refractivity contribution in [3.63, 3.8) is 0 Å². The Kier molecular flexibility index (Phi) is 2.71. The Labute approximate surface area is 64.8 Å². The Morgan fingerprint density at radius 3 is 3.00 bits per heavy atom. The van der Waals surface area contributed by atoms with Crippen LogP contribution in [0.2, 0.25) is 5.15 Å². The molecule has 0 aliphatic carbocycles. The van der Waals surface area contributed by atoms with Crippen molar-refractivity contribution in [1.29, 1.82) is 0 Å². The summed E-state index contributed by atoms with van der Waals surface area (Å²) in [7, 11) is 0. The summed E-state index contributed by atoms with van der Waals surface area (Å²) >= 11 is 5.74. The Hall–Kier alpha value is -0.540. The van der Waals surface area contributed by atoms with Gasteiger partial charge in [0, 0.05) is 6.54 Å². The molecule has 1 rings (SSSR count). The van der Waals surface area contributed by atoms with Gasteiger partial charge in [-0.05, 0) is 19.0 Å². The highest BCUT2D eigenvalue weighted by molar-refractivity contribution is 6.29. The molecule has 0 spiro atoms. The van der Waals surface area contributed by atoms with Gasteiger partial charge in [-0.25, -0.2) is 0 Å². The van der Waals surface area contributed by atoms with E-state index in [1.54, 1.807) is 16.9 Å². The molecule has 0 saturated carbocycles. The molecule has 0 unspecified atom stereocenters. The summed E-state index contributed by atoms with van der Waals surface area (Å²) in [5, 5.41) is 4.66. The lowest BCUT2D eigenvalue weighted by atomic mass is 10.4. The van der Waals surface area contributed by atoms with Gasteiger partial charge in [0.1, 0.15) is 5.15 Å². The van der Waals surface area contributed by atoms with Crippen LogP contribution in [0.15, 0.2) is 12.3 Å². The van der Waals surface area contributed by atoms with E-state index in [9.17, 15) is 0 Å². The van der Waals surface area contributed by atoms with E-state index in [0.29, 0.717) is 11.7 Å². The van der Waals surface area contributed by atoms with E-state index in [2.05, 4.69) is 5.10 Å². The Morgan fingerprint density at radius 1 is 1.70 bits per heavy atom. The fourth-order valence-corrected chi connectivity index (χ4v) is 0.907. The second-order valence-corrected chi connectivity index (χ2v) is 2.41. The highest BCUT2D eigenvalue weighted by atomic mass is 35.5. The van der Waals surface area contributed by atoms with Crippen molar-refractivity contribution in [2.24, 2.45) is 5.73 Å². The van der Waals surface area contributed by atoms with E-state index in [1.807, 2.05) is 0 Å². The quantitative estimate of drug-likeness (QED) is 0.712. The van der Waals surface area contributed by atoms with Gasteiger partial charge in [0.15, 0.2) is 0 Å². The summed E-state index contributed by atoms with van der Waals surface area (Å²) < 4.78 is 1.73. The molecule has 0 bridgehead atoms. The minimum absolute atomic E-state index is 0.674. The van der Waals surface area contributed by atoms with Gasteiger partial charge in [-0.1, -0.05) is 11.6 Å². The van der Waals surface area contributed by atoms with Gasteiger partial charge < -0.3 is 5.73 Å². The van der Waals surface area contributed by atoms with Crippen LogP contribution in [0.5, 0.6) is 0 Å². The van der Waals surface area contributed by atoms with Crippen LogP contribution in [0, 0.1) is 0 Å². The van der Waals surface area contributed by atoms with Crippen molar-refractivity contribution in [1.82, 2.24) is 9.78 Å². The first-order valence-corrected chi connectivity index (χ1v) is 3.60. The van der Waals surface area contributed by atoms with Crippen molar-refractivity contribution in [3.05, 3.63) is 17.4 Å². The summed E-state index contributed by atoms with van der Waals surface area (Å²) in [6.07, 6.45) is 2.60. The van der Waals surface area contributed by atoms with Crippen LogP contribution in [-0.4, -0.2) is 16.3 Å². The molecule has 0 saturated heterocycles. The monoisotopic (exact) mass is 159 g/mol. The van der Waals surface area contributed by atoms with Crippen LogP contribution in [0.25, 0.3) is 0 Å². The summed E-state index contributed by atoms with van der Waals surface area (Å²) in [6.45, 7) is 1.48. The van der Waals surface area contributed by atoms with E-state index >= 15 is 0 Å². The van der Waals surface area contributed by atoms with Crippen molar-refractivity contribution in [2.75, 3.05) is 6.54 Å². The van der Waals surface area contributed by atoms with Crippen LogP contribution in [0.1, 0.15) is 6.42 Å². The number of nitrogens with two attached hydrogens (primary N) is 1.